The summed E-state index contributed by atoms with van der Waals surface area (Å²) in [5.41, 5.74) is -0.292. The zero-order valence-electron chi connectivity index (χ0n) is 12.7. The molecule has 0 bridgehead atoms. The molecule has 3 aromatic rings. The summed E-state index contributed by atoms with van der Waals surface area (Å²) in [6.07, 6.45) is 0. The summed E-state index contributed by atoms with van der Waals surface area (Å²) >= 11 is 0. The average molecular weight is 336 g/mol. The van der Waals surface area contributed by atoms with Gasteiger partial charge >= 0.3 is 11.9 Å². The van der Waals surface area contributed by atoms with Crippen LogP contribution in [-0.4, -0.2) is 27.3 Å². The number of hydrogen-bond donors (Lipinski definition) is 3. The van der Waals surface area contributed by atoms with Crippen LogP contribution in [0.4, 0.5) is 11.4 Å². The molecular formula is C18H12N2O5. The highest BCUT2D eigenvalue weighted by molar-refractivity contribution is 6.08. The molecule has 0 unspecified atom stereocenters. The first-order valence-corrected chi connectivity index (χ1v) is 7.21. The van der Waals surface area contributed by atoms with Gasteiger partial charge < -0.3 is 15.3 Å². The van der Waals surface area contributed by atoms with E-state index < -0.39 is 17.7 Å². The van der Waals surface area contributed by atoms with E-state index in [0.717, 1.165) is 0 Å². The van der Waals surface area contributed by atoms with Crippen molar-refractivity contribution in [3.8, 4) is 5.75 Å². The SMILES string of the molecule is O=C(O)c1ccccc1N=Nc1cc2ccccc2c(C(=O)O)c1O. The van der Waals surface area contributed by atoms with E-state index in [1.807, 2.05) is 0 Å². The lowest BCUT2D eigenvalue weighted by Gasteiger charge is -2.07. The van der Waals surface area contributed by atoms with E-state index in [0.29, 0.717) is 10.8 Å². The van der Waals surface area contributed by atoms with Crippen molar-refractivity contribution in [3.05, 3.63) is 65.7 Å². The van der Waals surface area contributed by atoms with Crippen molar-refractivity contribution in [1.29, 1.82) is 0 Å². The third-order valence-electron chi connectivity index (χ3n) is 3.62. The van der Waals surface area contributed by atoms with Gasteiger partial charge in [-0.15, -0.1) is 10.2 Å². The molecule has 0 fully saturated rings. The van der Waals surface area contributed by atoms with E-state index in [4.69, 9.17) is 5.11 Å². The lowest BCUT2D eigenvalue weighted by atomic mass is 10.0. The van der Waals surface area contributed by atoms with Crippen molar-refractivity contribution < 1.29 is 24.9 Å². The maximum Gasteiger partial charge on any atom is 0.340 e. The van der Waals surface area contributed by atoms with Crippen LogP contribution in [-0.2, 0) is 0 Å². The van der Waals surface area contributed by atoms with E-state index in [1.165, 1.54) is 18.2 Å². The number of aromatic hydroxyl groups is 1. The number of benzene rings is 3. The largest absolute Gasteiger partial charge is 0.505 e. The quantitative estimate of drug-likeness (QED) is 0.612. The monoisotopic (exact) mass is 336 g/mol. The van der Waals surface area contributed by atoms with Gasteiger partial charge in [0.1, 0.15) is 16.9 Å². The van der Waals surface area contributed by atoms with Crippen molar-refractivity contribution >= 4 is 34.1 Å². The van der Waals surface area contributed by atoms with E-state index in [2.05, 4.69) is 10.2 Å². The Hall–Kier alpha value is -3.74. The molecule has 3 aromatic carbocycles. The maximum absolute atomic E-state index is 11.5. The zero-order valence-corrected chi connectivity index (χ0v) is 12.7. The molecule has 3 rings (SSSR count). The number of fused-ring (bicyclic) bond motifs is 1. The summed E-state index contributed by atoms with van der Waals surface area (Å²) in [7, 11) is 0. The van der Waals surface area contributed by atoms with Crippen LogP contribution in [0, 0.1) is 0 Å². The van der Waals surface area contributed by atoms with Gasteiger partial charge in [0.25, 0.3) is 0 Å². The molecule has 0 aliphatic carbocycles. The molecule has 0 spiro atoms. The van der Waals surface area contributed by atoms with E-state index >= 15 is 0 Å². The smallest absolute Gasteiger partial charge is 0.340 e. The normalized spacial score (nSPS) is 11.0. The van der Waals surface area contributed by atoms with E-state index in [-0.39, 0.29) is 22.5 Å². The van der Waals surface area contributed by atoms with Gasteiger partial charge in [0.15, 0.2) is 5.75 Å². The topological polar surface area (TPSA) is 120 Å². The molecule has 124 valence electrons. The average Bonchev–Trinajstić information content (AvgIpc) is 2.59. The second kappa shape index (κ2) is 6.40. The Morgan fingerprint density at radius 2 is 1.44 bits per heavy atom. The second-order valence-electron chi connectivity index (χ2n) is 5.17. The predicted octanol–water partition coefficient (Wildman–Crippen LogP) is 4.36. The van der Waals surface area contributed by atoms with Gasteiger partial charge in [-0.2, -0.15) is 0 Å². The van der Waals surface area contributed by atoms with Gasteiger partial charge in [0.2, 0.25) is 0 Å². The number of hydrogen-bond acceptors (Lipinski definition) is 5. The first-order valence-electron chi connectivity index (χ1n) is 7.21. The minimum absolute atomic E-state index is 0.0509. The molecule has 3 N–H and O–H groups in total. The Kier molecular flexibility index (Phi) is 4.13. The Morgan fingerprint density at radius 3 is 2.16 bits per heavy atom. The molecule has 25 heavy (non-hydrogen) atoms. The Bertz CT molecular complexity index is 1030. The molecule has 7 nitrogen and oxygen atoms in total. The third-order valence-corrected chi connectivity index (χ3v) is 3.62. The first kappa shape index (κ1) is 16.1. The summed E-state index contributed by atoms with van der Waals surface area (Å²) in [5.74, 6) is -2.98. The van der Waals surface area contributed by atoms with Crippen LogP contribution < -0.4 is 0 Å². The lowest BCUT2D eigenvalue weighted by molar-refractivity contribution is 0.0686. The van der Waals surface area contributed by atoms with Crippen molar-refractivity contribution in [1.82, 2.24) is 0 Å². The van der Waals surface area contributed by atoms with Crippen LogP contribution in [0.25, 0.3) is 10.8 Å². The molecule has 0 saturated heterocycles. The molecule has 0 atom stereocenters. The highest BCUT2D eigenvalue weighted by Gasteiger charge is 2.18. The van der Waals surface area contributed by atoms with E-state index in [9.17, 15) is 19.8 Å². The fourth-order valence-electron chi connectivity index (χ4n) is 2.46. The summed E-state index contributed by atoms with van der Waals surface area (Å²) in [6, 6.07) is 14.1. The van der Waals surface area contributed by atoms with Crippen LogP contribution in [0.15, 0.2) is 64.8 Å². The van der Waals surface area contributed by atoms with Gasteiger partial charge in [0.05, 0.1) is 5.56 Å². The highest BCUT2D eigenvalue weighted by Crippen LogP contribution is 2.37. The van der Waals surface area contributed by atoms with Crippen molar-refractivity contribution in [2.75, 3.05) is 0 Å². The Balaban J connectivity index is 2.16. The number of carboxylic acid groups (broad SMARTS) is 2. The summed E-state index contributed by atoms with van der Waals surface area (Å²) < 4.78 is 0. The molecule has 0 saturated carbocycles. The minimum atomic E-state index is -1.29. The number of carbonyl (C=O) groups is 2. The molecule has 0 radical (unpaired) electrons. The van der Waals surface area contributed by atoms with Crippen LogP contribution in [0.3, 0.4) is 0 Å². The van der Waals surface area contributed by atoms with Crippen molar-refractivity contribution in [3.63, 3.8) is 0 Å². The summed E-state index contributed by atoms with van der Waals surface area (Å²) in [5, 5.41) is 37.4. The minimum Gasteiger partial charge on any atom is -0.505 e. The number of azo groups is 1. The van der Waals surface area contributed by atoms with Gasteiger partial charge in [-0.1, -0.05) is 36.4 Å². The number of rotatable bonds is 4. The number of nitrogens with zero attached hydrogens (tertiary/aromatic N) is 2. The Labute approximate surface area is 141 Å². The van der Waals surface area contributed by atoms with E-state index in [1.54, 1.807) is 36.4 Å². The maximum atomic E-state index is 11.5. The number of carboxylic acids is 2. The van der Waals surface area contributed by atoms with Gasteiger partial charge in [-0.05, 0) is 23.6 Å². The molecule has 0 aliphatic heterocycles. The first-order chi connectivity index (χ1) is 12.0. The molecule has 0 aromatic heterocycles. The van der Waals surface area contributed by atoms with Gasteiger partial charge in [-0.3, -0.25) is 0 Å². The summed E-state index contributed by atoms with van der Waals surface area (Å²) in [6.45, 7) is 0. The van der Waals surface area contributed by atoms with Crippen LogP contribution in [0.2, 0.25) is 0 Å². The highest BCUT2D eigenvalue weighted by atomic mass is 16.4. The molecule has 0 heterocycles. The number of phenols is 1. The molecule has 0 aliphatic rings. The summed E-state index contributed by atoms with van der Waals surface area (Å²) in [4.78, 5) is 22.7. The second-order valence-corrected chi connectivity index (χ2v) is 5.17. The molecule has 0 amide bonds. The standard InChI is InChI=1S/C18H12N2O5/c21-16-14(20-19-13-8-4-3-7-12(13)17(22)23)9-10-5-1-2-6-11(10)15(16)18(24)25/h1-9,21H,(H,22,23)(H,24,25). The van der Waals surface area contributed by atoms with Crippen molar-refractivity contribution in [2.24, 2.45) is 10.2 Å². The molecular weight excluding hydrogens is 324 g/mol. The number of aromatic carboxylic acids is 2. The Morgan fingerprint density at radius 1 is 0.800 bits per heavy atom. The van der Waals surface area contributed by atoms with Crippen LogP contribution in [0.5, 0.6) is 5.75 Å². The van der Waals surface area contributed by atoms with Crippen LogP contribution in [0.1, 0.15) is 20.7 Å². The van der Waals surface area contributed by atoms with Crippen molar-refractivity contribution in [2.45, 2.75) is 0 Å². The molecule has 7 heteroatoms. The van der Waals surface area contributed by atoms with Crippen LogP contribution >= 0.6 is 0 Å². The fraction of sp³-hybridized carbons (Fsp3) is 0. The van der Waals surface area contributed by atoms with Gasteiger partial charge in [0, 0.05) is 5.39 Å². The zero-order chi connectivity index (χ0) is 18.0. The third kappa shape index (κ3) is 3.02. The fourth-order valence-corrected chi connectivity index (χ4v) is 2.46. The predicted molar refractivity (Wildman–Crippen MR) is 90.1 cm³/mol. The van der Waals surface area contributed by atoms with Gasteiger partial charge in [-0.25, -0.2) is 9.59 Å². The lowest BCUT2D eigenvalue weighted by Crippen LogP contribution is -1.98.